The maximum absolute atomic E-state index is 11.8. The maximum Gasteiger partial charge on any atom is 0.222 e. The van der Waals surface area contributed by atoms with Gasteiger partial charge in [-0.2, -0.15) is 0 Å². The van der Waals surface area contributed by atoms with Crippen molar-refractivity contribution in [1.82, 2.24) is 10.6 Å². The van der Waals surface area contributed by atoms with E-state index in [-0.39, 0.29) is 11.7 Å². The summed E-state index contributed by atoms with van der Waals surface area (Å²) in [4.78, 5) is 21.9. The van der Waals surface area contributed by atoms with Crippen LogP contribution in [0.4, 0.5) is 17.1 Å². The van der Waals surface area contributed by atoms with Gasteiger partial charge in [0.15, 0.2) is 0 Å². The van der Waals surface area contributed by atoms with E-state index in [0.29, 0.717) is 138 Å². The van der Waals surface area contributed by atoms with Crippen LogP contribution in [-0.2, 0) is 53.9 Å². The van der Waals surface area contributed by atoms with Gasteiger partial charge in [-0.25, -0.2) is 0 Å². The summed E-state index contributed by atoms with van der Waals surface area (Å²) in [6, 6.07) is 22.7. The molecule has 370 valence electrons. The molecule has 0 heterocycles. The highest BCUT2D eigenvalue weighted by Crippen LogP contribution is 2.20. The van der Waals surface area contributed by atoms with Gasteiger partial charge in [0, 0.05) is 37.9 Å². The largest absolute Gasteiger partial charge is 0.508 e. The monoisotopic (exact) mass is 919 g/mol. The van der Waals surface area contributed by atoms with E-state index < -0.39 is 0 Å². The molecule has 0 aliphatic carbocycles. The molecular formula is C49H82N4O12. The number of carbonyl (C=O) groups is 2. The van der Waals surface area contributed by atoms with Crippen LogP contribution in [0.15, 0.2) is 72.8 Å². The summed E-state index contributed by atoms with van der Waals surface area (Å²) < 4.78 is 43.2. The molecule has 0 saturated heterocycles. The molecule has 0 aromatic heterocycles. The number of hydrogen-bond donors (Lipinski definition) is 5. The molecule has 0 radical (unpaired) electrons. The van der Waals surface area contributed by atoms with Gasteiger partial charge in [0.25, 0.3) is 0 Å². The molecule has 0 bridgehead atoms. The number of amides is 2. The first-order valence-corrected chi connectivity index (χ1v) is 22.8. The summed E-state index contributed by atoms with van der Waals surface area (Å²) in [5, 5.41) is 28.3. The summed E-state index contributed by atoms with van der Waals surface area (Å²) in [7, 11) is 1.60. The number of carbonyl (C=O) groups excluding carboxylic acids is 2. The number of benzene rings is 3. The Morgan fingerprint density at radius 1 is 0.615 bits per heavy atom. The molecule has 3 aromatic carbocycles. The predicted octanol–water partition coefficient (Wildman–Crippen LogP) is 6.96. The molecule has 0 aliphatic rings. The Hall–Kier alpha value is -4.36. The Bertz CT molecular complexity index is 1480. The fourth-order valence-electron chi connectivity index (χ4n) is 4.66. The molecule has 5 N–H and O–H groups in total. The lowest BCUT2D eigenvalue weighted by Crippen LogP contribution is -2.26. The second-order valence-electron chi connectivity index (χ2n) is 14.4. The Kier molecular flexibility index (Phi) is 41.8. The van der Waals surface area contributed by atoms with Crippen molar-refractivity contribution in [2.24, 2.45) is 5.92 Å². The van der Waals surface area contributed by atoms with E-state index in [1.165, 1.54) is 12.0 Å². The number of hydrogen-bond acceptors (Lipinski definition) is 14. The summed E-state index contributed by atoms with van der Waals surface area (Å²) in [5.41, 5.74) is 5.12. The smallest absolute Gasteiger partial charge is 0.222 e. The molecule has 0 fully saturated rings. The fourth-order valence-corrected chi connectivity index (χ4v) is 4.66. The number of aromatic hydroxyl groups is 1. The van der Waals surface area contributed by atoms with Crippen LogP contribution in [0.2, 0.25) is 0 Å². The molecule has 16 heteroatoms. The van der Waals surface area contributed by atoms with Gasteiger partial charge >= 0.3 is 0 Å². The Morgan fingerprint density at radius 3 is 1.38 bits per heavy atom. The zero-order chi connectivity index (χ0) is 48.0. The zero-order valence-electron chi connectivity index (χ0n) is 40.4. The number of hydroxylamine groups is 1. The van der Waals surface area contributed by atoms with Gasteiger partial charge in [-0.15, -0.1) is 0 Å². The molecule has 3 aromatic rings. The van der Waals surface area contributed by atoms with E-state index in [2.05, 4.69) is 55.8 Å². The third-order valence-corrected chi connectivity index (χ3v) is 8.62. The number of aryl methyl sites for hydroxylation is 1. The van der Waals surface area contributed by atoms with E-state index >= 15 is 0 Å². The van der Waals surface area contributed by atoms with E-state index in [0.717, 1.165) is 33.6 Å². The van der Waals surface area contributed by atoms with Gasteiger partial charge in [0.05, 0.1) is 111 Å². The van der Waals surface area contributed by atoms with Crippen molar-refractivity contribution >= 4 is 29.4 Å². The van der Waals surface area contributed by atoms with Crippen LogP contribution in [0.3, 0.4) is 0 Å². The average Bonchev–Trinajstić information content (AvgIpc) is 3.31. The lowest BCUT2D eigenvalue weighted by molar-refractivity contribution is -0.122. The van der Waals surface area contributed by atoms with Gasteiger partial charge in [0.2, 0.25) is 12.3 Å². The number of rotatable bonds is 35. The summed E-state index contributed by atoms with van der Waals surface area (Å²) >= 11 is 0. The minimum atomic E-state index is -0.0560. The number of phenolic OH excluding ortho intramolecular Hbond substituents is 1. The molecule has 0 atom stereocenters. The van der Waals surface area contributed by atoms with Gasteiger partial charge in [-0.3, -0.25) is 19.9 Å². The fraction of sp³-hybridized carbons (Fsp3) is 0.592. The van der Waals surface area contributed by atoms with Crippen molar-refractivity contribution in [3.63, 3.8) is 0 Å². The Balaban J connectivity index is 0.00000139. The van der Waals surface area contributed by atoms with Crippen molar-refractivity contribution in [2.75, 3.05) is 136 Å². The third-order valence-electron chi connectivity index (χ3n) is 8.62. The van der Waals surface area contributed by atoms with Crippen molar-refractivity contribution in [2.45, 2.75) is 60.8 Å². The van der Waals surface area contributed by atoms with Gasteiger partial charge in [0.1, 0.15) is 5.75 Å². The van der Waals surface area contributed by atoms with E-state index in [1.807, 2.05) is 62.4 Å². The minimum Gasteiger partial charge on any atom is -0.508 e. The predicted molar refractivity (Wildman–Crippen MR) is 258 cm³/mol. The molecule has 2 amide bonds. The van der Waals surface area contributed by atoms with Crippen molar-refractivity contribution in [3.05, 3.63) is 83.9 Å². The number of nitrogens with zero attached hydrogens (tertiary/aromatic N) is 1. The molecular weight excluding hydrogens is 837 g/mol. The van der Waals surface area contributed by atoms with E-state index in [4.69, 9.17) is 37.9 Å². The van der Waals surface area contributed by atoms with E-state index in [9.17, 15) is 19.9 Å². The van der Waals surface area contributed by atoms with E-state index in [1.54, 1.807) is 19.2 Å². The number of ether oxygens (including phenoxy) is 8. The molecule has 0 aliphatic heterocycles. The summed E-state index contributed by atoms with van der Waals surface area (Å²) in [6.45, 7) is 21.2. The molecule has 65 heavy (non-hydrogen) atoms. The quantitative estimate of drug-likeness (QED) is 0.0231. The van der Waals surface area contributed by atoms with Crippen LogP contribution in [0, 0.1) is 12.8 Å². The molecule has 16 nitrogen and oxygen atoms in total. The van der Waals surface area contributed by atoms with Crippen LogP contribution in [0.5, 0.6) is 5.75 Å². The Morgan fingerprint density at radius 2 is 1.00 bits per heavy atom. The topological polar surface area (TPSA) is 188 Å². The highest BCUT2D eigenvalue weighted by Gasteiger charge is 2.02. The first-order chi connectivity index (χ1) is 31.6. The van der Waals surface area contributed by atoms with Gasteiger partial charge in [-0.1, -0.05) is 70.9 Å². The maximum atomic E-state index is 11.8. The number of nitrogens with one attached hydrogen (secondary N) is 3. The van der Waals surface area contributed by atoms with Crippen LogP contribution in [-0.4, -0.2) is 148 Å². The average molecular weight is 919 g/mol. The third kappa shape index (κ3) is 39.7. The molecule has 0 spiro atoms. The first-order valence-electron chi connectivity index (χ1n) is 22.8. The highest BCUT2D eigenvalue weighted by molar-refractivity contribution is 5.75. The Labute approximate surface area is 389 Å². The first kappa shape index (κ1) is 60.6. The van der Waals surface area contributed by atoms with Crippen LogP contribution in [0.25, 0.3) is 0 Å². The summed E-state index contributed by atoms with van der Waals surface area (Å²) in [5.74, 6) is 1.06. The molecule has 3 rings (SSSR count). The van der Waals surface area contributed by atoms with Crippen LogP contribution < -0.4 is 21.0 Å². The van der Waals surface area contributed by atoms with Crippen LogP contribution >= 0.6 is 0 Å². The number of anilines is 3. The van der Waals surface area contributed by atoms with Crippen LogP contribution in [0.1, 0.15) is 58.6 Å². The zero-order valence-corrected chi connectivity index (χ0v) is 40.4. The lowest BCUT2D eigenvalue weighted by Gasteiger charge is -2.11. The SMILES string of the molecule is CC.CCC(C)C.Cc1ccc(Nc2ccc(N(C)O)cc2)cc1.O=CNCCOCCOCCOCCOCCOCCOCCOCCOCCC(=O)NCCc1ccc(O)cc1. The van der Waals surface area contributed by atoms with Crippen molar-refractivity contribution in [1.29, 1.82) is 0 Å². The van der Waals surface area contributed by atoms with Crippen molar-refractivity contribution < 1.29 is 57.8 Å². The van der Waals surface area contributed by atoms with Gasteiger partial charge in [-0.05, 0) is 73.4 Å². The van der Waals surface area contributed by atoms with Crippen molar-refractivity contribution in [3.8, 4) is 5.75 Å². The highest BCUT2D eigenvalue weighted by atomic mass is 16.6. The second kappa shape index (κ2) is 44.8. The standard InChI is InChI=1S/C28H48N2O11.C14H16N2O.C5H12.C2H6/c31-25-29-8-10-35-12-14-37-16-18-39-20-22-41-24-23-40-21-19-38-17-15-36-13-11-34-9-6-28(33)30-7-5-26-1-3-27(32)4-2-26;1-11-3-5-12(6-4-11)15-13-7-9-14(10-8-13)16(2)17;1-4-5(2)3;1-2/h1-4,25,32H,5-24H2,(H,29,31)(H,30,33);3-10,15,17H,1-2H3;5H,4H2,1-3H3;1-2H3. The molecule has 0 unspecified atom stereocenters. The second-order valence-corrected chi connectivity index (χ2v) is 14.4. The van der Waals surface area contributed by atoms with Gasteiger partial charge < -0.3 is 59.0 Å². The normalized spacial score (nSPS) is 10.4. The number of phenols is 1. The lowest BCUT2D eigenvalue weighted by atomic mass is 10.1. The minimum absolute atomic E-state index is 0.0560. The summed E-state index contributed by atoms with van der Waals surface area (Å²) in [6.07, 6.45) is 2.96. The molecule has 0 saturated carbocycles.